The van der Waals surface area contributed by atoms with E-state index in [0.29, 0.717) is 42.0 Å². The number of aliphatic hydroxyl groups excluding tert-OH is 1. The van der Waals surface area contributed by atoms with Crippen molar-refractivity contribution in [3.05, 3.63) is 47.0 Å². The van der Waals surface area contributed by atoms with Crippen molar-refractivity contribution in [3.8, 4) is 0 Å². The maximum absolute atomic E-state index is 14.4. The molecule has 0 aliphatic heterocycles. The Kier molecular flexibility index (Phi) is 6.97. The van der Waals surface area contributed by atoms with Crippen LogP contribution < -0.4 is 5.32 Å². The van der Waals surface area contributed by atoms with Gasteiger partial charge in [-0.1, -0.05) is 84.4 Å². The molecule has 0 radical (unpaired) electrons. The number of nitrogens with one attached hydrogen (secondary N) is 1. The number of carbonyl (C=O) groups excluding carboxylic acids is 1. The van der Waals surface area contributed by atoms with Crippen molar-refractivity contribution in [1.82, 2.24) is 5.32 Å². The molecular formula is C38H57NO2. The van der Waals surface area contributed by atoms with Crippen molar-refractivity contribution in [2.45, 2.75) is 126 Å². The van der Waals surface area contributed by atoms with Crippen LogP contribution in [0.4, 0.5) is 0 Å². The lowest BCUT2D eigenvalue weighted by Gasteiger charge is -2.71. The quantitative estimate of drug-likeness (QED) is 0.364. The minimum atomic E-state index is -0.290. The lowest BCUT2D eigenvalue weighted by molar-refractivity contribution is -0.204. The summed E-state index contributed by atoms with van der Waals surface area (Å²) in [5.41, 5.74) is 4.41. The van der Waals surface area contributed by atoms with Gasteiger partial charge < -0.3 is 10.4 Å². The second-order valence-corrected chi connectivity index (χ2v) is 16.8. The molecule has 6 rings (SSSR count). The van der Waals surface area contributed by atoms with Crippen LogP contribution in [0.15, 0.2) is 35.9 Å². The molecule has 1 aromatic carbocycles. The predicted octanol–water partition coefficient (Wildman–Crippen LogP) is 8.63. The molecule has 10 atom stereocenters. The Bertz CT molecular complexity index is 1230. The van der Waals surface area contributed by atoms with Gasteiger partial charge in [-0.05, 0) is 127 Å². The Hall–Kier alpha value is -1.61. The fourth-order valence-corrected chi connectivity index (χ4v) is 12.0. The lowest BCUT2D eigenvalue weighted by atomic mass is 9.33. The molecule has 1 aromatic rings. The standard InChI is InChI=1S/C38H57NO2/c1-24-15-20-38(33(41)39-23-27-12-10-9-11-25(27)2)22-21-36(7)28(32(38)26(24)3)13-14-30-35(6)18-17-31(40)34(4,5)29(35)16-19-37(30,36)8/h9-13,24,26,29-32,40H,14-23H2,1-8H3,(H,39,41)/t24-,26+,29+,30-,31+,32+,35+,36-,37-,38+/m1/s1. The average Bonchev–Trinajstić information content (AvgIpc) is 2.93. The number of aryl methyl sites for hydroxylation is 1. The highest BCUT2D eigenvalue weighted by Crippen LogP contribution is 2.75. The summed E-state index contributed by atoms with van der Waals surface area (Å²) in [6, 6.07) is 8.46. The molecule has 0 heterocycles. The summed E-state index contributed by atoms with van der Waals surface area (Å²) >= 11 is 0. The summed E-state index contributed by atoms with van der Waals surface area (Å²) in [4.78, 5) is 14.4. The molecule has 4 fully saturated rings. The maximum atomic E-state index is 14.4. The summed E-state index contributed by atoms with van der Waals surface area (Å²) in [5, 5.41) is 14.5. The van der Waals surface area contributed by atoms with Crippen LogP contribution in [-0.2, 0) is 11.3 Å². The highest BCUT2D eigenvalue weighted by Gasteiger charge is 2.69. The van der Waals surface area contributed by atoms with Gasteiger partial charge in [0, 0.05) is 6.54 Å². The Balaban J connectivity index is 1.37. The zero-order valence-corrected chi connectivity index (χ0v) is 27.3. The van der Waals surface area contributed by atoms with Gasteiger partial charge in [-0.2, -0.15) is 0 Å². The number of fused-ring (bicyclic) bond motifs is 7. The molecule has 0 aromatic heterocycles. The summed E-state index contributed by atoms with van der Waals surface area (Å²) in [6.07, 6.45) is 12.5. The van der Waals surface area contributed by atoms with Crippen LogP contribution in [0.2, 0.25) is 0 Å². The SMILES string of the molecule is Cc1ccccc1CNC(=O)[C@]12CC[C@@H](C)[C@H](C)[C@H]1C1=CC[C@@H]3[C@@]4(C)CC[C@H](O)C(C)(C)[C@@H]4CC[C@@]3(C)[C@]1(C)CC2. The predicted molar refractivity (Wildman–Crippen MR) is 168 cm³/mol. The molecule has 226 valence electrons. The van der Waals surface area contributed by atoms with Gasteiger partial charge in [0.25, 0.3) is 0 Å². The number of hydrogen-bond donors (Lipinski definition) is 2. The van der Waals surface area contributed by atoms with Gasteiger partial charge in [0.2, 0.25) is 5.91 Å². The van der Waals surface area contributed by atoms with Crippen LogP contribution in [0.25, 0.3) is 0 Å². The molecular weight excluding hydrogens is 502 g/mol. The van der Waals surface area contributed by atoms with Crippen molar-refractivity contribution in [2.24, 2.45) is 56.7 Å². The van der Waals surface area contributed by atoms with Gasteiger partial charge in [0.15, 0.2) is 0 Å². The Morgan fingerprint density at radius 1 is 0.927 bits per heavy atom. The van der Waals surface area contributed by atoms with Gasteiger partial charge in [-0.25, -0.2) is 0 Å². The first-order chi connectivity index (χ1) is 19.2. The maximum Gasteiger partial charge on any atom is 0.227 e. The van der Waals surface area contributed by atoms with Crippen molar-refractivity contribution >= 4 is 5.91 Å². The van der Waals surface area contributed by atoms with Crippen LogP contribution in [0, 0.1) is 63.6 Å². The second-order valence-electron chi connectivity index (χ2n) is 16.8. The molecule has 0 saturated heterocycles. The average molecular weight is 560 g/mol. The molecule has 41 heavy (non-hydrogen) atoms. The fraction of sp³-hybridized carbons (Fsp3) is 0.763. The number of amides is 1. The van der Waals surface area contributed by atoms with Crippen LogP contribution in [0.5, 0.6) is 0 Å². The minimum Gasteiger partial charge on any atom is -0.393 e. The third-order valence-corrected chi connectivity index (χ3v) is 15.1. The molecule has 5 aliphatic carbocycles. The summed E-state index contributed by atoms with van der Waals surface area (Å²) in [7, 11) is 0. The lowest BCUT2D eigenvalue weighted by Crippen LogP contribution is -2.66. The van der Waals surface area contributed by atoms with Gasteiger partial charge in [0.05, 0.1) is 11.5 Å². The fourth-order valence-electron chi connectivity index (χ4n) is 12.0. The number of carbonyl (C=O) groups is 1. The molecule has 0 unspecified atom stereocenters. The van der Waals surface area contributed by atoms with Crippen molar-refractivity contribution in [3.63, 3.8) is 0 Å². The van der Waals surface area contributed by atoms with Gasteiger partial charge in [-0.3, -0.25) is 4.79 Å². The van der Waals surface area contributed by atoms with Crippen LogP contribution in [0.1, 0.15) is 117 Å². The Labute approximate surface area is 250 Å². The zero-order valence-electron chi connectivity index (χ0n) is 27.3. The van der Waals surface area contributed by atoms with Crippen LogP contribution in [0.3, 0.4) is 0 Å². The van der Waals surface area contributed by atoms with E-state index < -0.39 is 0 Å². The van der Waals surface area contributed by atoms with E-state index in [1.54, 1.807) is 5.57 Å². The van der Waals surface area contributed by atoms with E-state index in [0.717, 1.165) is 44.9 Å². The molecule has 3 nitrogen and oxygen atoms in total. The summed E-state index contributed by atoms with van der Waals surface area (Å²) in [6.45, 7) is 20.2. The van der Waals surface area contributed by atoms with E-state index in [-0.39, 0.29) is 33.2 Å². The first-order valence-corrected chi connectivity index (χ1v) is 16.9. The summed E-state index contributed by atoms with van der Waals surface area (Å²) in [5.74, 6) is 2.98. The van der Waals surface area contributed by atoms with E-state index in [2.05, 4.69) is 91.0 Å². The number of allylic oxidation sites excluding steroid dienone is 2. The first-order valence-electron chi connectivity index (χ1n) is 16.9. The number of benzene rings is 1. The smallest absolute Gasteiger partial charge is 0.227 e. The Morgan fingerprint density at radius 3 is 2.39 bits per heavy atom. The molecule has 4 saturated carbocycles. The number of rotatable bonds is 3. The third kappa shape index (κ3) is 3.95. The first kappa shape index (κ1) is 29.5. The monoisotopic (exact) mass is 559 g/mol. The van der Waals surface area contributed by atoms with Gasteiger partial charge in [-0.15, -0.1) is 0 Å². The van der Waals surface area contributed by atoms with Crippen LogP contribution >= 0.6 is 0 Å². The number of hydrogen-bond acceptors (Lipinski definition) is 2. The highest BCUT2D eigenvalue weighted by atomic mass is 16.3. The topological polar surface area (TPSA) is 49.3 Å². The molecule has 0 bridgehead atoms. The van der Waals surface area contributed by atoms with Gasteiger partial charge >= 0.3 is 0 Å². The van der Waals surface area contributed by atoms with E-state index >= 15 is 0 Å². The Morgan fingerprint density at radius 2 is 1.66 bits per heavy atom. The number of aliphatic hydroxyl groups is 1. The van der Waals surface area contributed by atoms with E-state index in [9.17, 15) is 9.90 Å². The van der Waals surface area contributed by atoms with Crippen molar-refractivity contribution in [1.29, 1.82) is 0 Å². The van der Waals surface area contributed by atoms with Gasteiger partial charge in [0.1, 0.15) is 0 Å². The molecule has 5 aliphatic rings. The molecule has 0 spiro atoms. The van der Waals surface area contributed by atoms with Crippen molar-refractivity contribution in [2.75, 3.05) is 0 Å². The van der Waals surface area contributed by atoms with E-state index in [4.69, 9.17) is 0 Å². The third-order valence-electron chi connectivity index (χ3n) is 15.1. The van der Waals surface area contributed by atoms with E-state index in [1.165, 1.54) is 24.0 Å². The molecule has 1 amide bonds. The molecule has 2 N–H and O–H groups in total. The summed E-state index contributed by atoms with van der Waals surface area (Å²) < 4.78 is 0. The largest absolute Gasteiger partial charge is 0.393 e. The van der Waals surface area contributed by atoms with Crippen molar-refractivity contribution < 1.29 is 9.90 Å². The molecule has 3 heteroatoms. The normalized spacial score (nSPS) is 46.7. The zero-order chi connectivity index (χ0) is 29.6. The van der Waals surface area contributed by atoms with Crippen LogP contribution in [-0.4, -0.2) is 17.1 Å². The van der Waals surface area contributed by atoms with E-state index in [1.807, 2.05) is 0 Å². The minimum absolute atomic E-state index is 0.0243. The highest BCUT2D eigenvalue weighted by molar-refractivity contribution is 5.84. The second kappa shape index (κ2) is 9.70.